The molecule has 1 aromatic carbocycles. The number of carbonyl (C=O) groups is 1. The summed E-state index contributed by atoms with van der Waals surface area (Å²) >= 11 is 12.2. The molecule has 0 unspecified atom stereocenters. The molecule has 0 radical (unpaired) electrons. The van der Waals surface area contributed by atoms with Crippen LogP contribution < -0.4 is 11.6 Å². The van der Waals surface area contributed by atoms with Crippen molar-refractivity contribution in [2.24, 2.45) is 11.6 Å². The summed E-state index contributed by atoms with van der Waals surface area (Å²) in [5.74, 6) is 5.32. The monoisotopic (exact) mass is 331 g/mol. The van der Waals surface area contributed by atoms with Gasteiger partial charge < -0.3 is 15.5 Å². The highest BCUT2D eigenvalue weighted by molar-refractivity contribution is 6.37. The molecule has 7 heteroatoms. The van der Waals surface area contributed by atoms with E-state index in [0.29, 0.717) is 15.6 Å². The van der Waals surface area contributed by atoms with E-state index in [1.54, 1.807) is 25.1 Å². The Labute approximate surface area is 134 Å². The lowest BCUT2D eigenvalue weighted by Gasteiger charge is -2.26. The van der Waals surface area contributed by atoms with Crippen LogP contribution in [-0.2, 0) is 9.53 Å². The van der Waals surface area contributed by atoms with E-state index >= 15 is 0 Å². The van der Waals surface area contributed by atoms with E-state index in [0.717, 1.165) is 0 Å². The minimum atomic E-state index is -0.623. The van der Waals surface area contributed by atoms with Gasteiger partial charge in [-0.1, -0.05) is 29.3 Å². The van der Waals surface area contributed by atoms with Gasteiger partial charge >= 0.3 is 5.97 Å². The summed E-state index contributed by atoms with van der Waals surface area (Å²) in [6, 6.07) is 4.79. The zero-order valence-corrected chi connectivity index (χ0v) is 13.7. The molecule has 21 heavy (non-hydrogen) atoms. The number of esters is 1. The third-order valence-corrected chi connectivity index (χ3v) is 3.40. The average molecular weight is 332 g/mol. The highest BCUT2D eigenvalue weighted by atomic mass is 35.5. The summed E-state index contributed by atoms with van der Waals surface area (Å²) < 4.78 is 5.01. The van der Waals surface area contributed by atoms with Gasteiger partial charge in [0.2, 0.25) is 0 Å². The Hall–Kier alpha value is -1.43. The van der Waals surface area contributed by atoms with Crippen molar-refractivity contribution >= 4 is 34.9 Å². The summed E-state index contributed by atoms with van der Waals surface area (Å²) in [5, 5.41) is 1.91. The van der Waals surface area contributed by atoms with E-state index in [9.17, 15) is 4.79 Å². The minimum absolute atomic E-state index is 0.0295. The Morgan fingerprint density at radius 2 is 1.86 bits per heavy atom. The number of hydrazine groups is 1. The van der Waals surface area contributed by atoms with Crippen LogP contribution in [0.3, 0.4) is 0 Å². The van der Waals surface area contributed by atoms with Crippen LogP contribution in [0.2, 0.25) is 10.0 Å². The van der Waals surface area contributed by atoms with E-state index in [1.165, 1.54) is 5.01 Å². The third-order valence-electron chi connectivity index (χ3n) is 2.77. The fourth-order valence-corrected chi connectivity index (χ4v) is 2.29. The second kappa shape index (κ2) is 7.54. The molecule has 0 amide bonds. The van der Waals surface area contributed by atoms with Gasteiger partial charge in [-0.05, 0) is 32.9 Å². The van der Waals surface area contributed by atoms with Crippen molar-refractivity contribution in [2.75, 3.05) is 6.61 Å². The quantitative estimate of drug-likeness (QED) is 0.375. The molecule has 1 rings (SSSR count). The van der Waals surface area contributed by atoms with E-state index in [2.05, 4.69) is 0 Å². The Balaban J connectivity index is 3.49. The van der Waals surface area contributed by atoms with Crippen LogP contribution in [0, 0.1) is 0 Å². The number of hydrogen-bond acceptors (Lipinski definition) is 5. The maximum Gasteiger partial charge on any atom is 0.358 e. The molecule has 0 spiro atoms. The van der Waals surface area contributed by atoms with E-state index < -0.39 is 5.97 Å². The van der Waals surface area contributed by atoms with Crippen LogP contribution in [-0.4, -0.2) is 23.6 Å². The maximum absolute atomic E-state index is 12.2. The van der Waals surface area contributed by atoms with E-state index in [1.807, 2.05) is 13.8 Å². The average Bonchev–Trinajstić information content (AvgIpc) is 2.38. The second-order valence-corrected chi connectivity index (χ2v) is 5.39. The van der Waals surface area contributed by atoms with Crippen molar-refractivity contribution in [3.8, 4) is 0 Å². The number of nitrogens with zero attached hydrogens (tertiary/aromatic N) is 1. The lowest BCUT2D eigenvalue weighted by Crippen LogP contribution is -2.41. The van der Waals surface area contributed by atoms with Gasteiger partial charge in [0.05, 0.1) is 22.3 Å². The predicted molar refractivity (Wildman–Crippen MR) is 85.4 cm³/mol. The third kappa shape index (κ3) is 4.03. The molecule has 116 valence electrons. The van der Waals surface area contributed by atoms with Gasteiger partial charge in [0.15, 0.2) is 5.70 Å². The van der Waals surface area contributed by atoms with Crippen molar-refractivity contribution in [3.05, 3.63) is 39.5 Å². The number of carbonyl (C=O) groups excluding carboxylic acids is 1. The van der Waals surface area contributed by atoms with Crippen molar-refractivity contribution in [1.29, 1.82) is 0 Å². The standard InChI is InChI=1S/C14H19Cl2N3O2/c1-4-21-14(20)13(19(18)8(2)3)12(17)11-9(15)6-5-7-10(11)16/h5-8H,4,17-18H2,1-3H3/b13-12-. The van der Waals surface area contributed by atoms with Gasteiger partial charge in [-0.2, -0.15) is 0 Å². The van der Waals surface area contributed by atoms with Crippen LogP contribution in [0.15, 0.2) is 23.9 Å². The molecule has 0 aliphatic heterocycles. The molecule has 0 bridgehead atoms. The molecule has 0 saturated carbocycles. The summed E-state index contributed by atoms with van der Waals surface area (Å²) in [7, 11) is 0. The Morgan fingerprint density at radius 1 is 1.33 bits per heavy atom. The lowest BCUT2D eigenvalue weighted by atomic mass is 10.1. The Kier molecular flexibility index (Phi) is 6.33. The van der Waals surface area contributed by atoms with Crippen molar-refractivity contribution in [3.63, 3.8) is 0 Å². The van der Waals surface area contributed by atoms with Gasteiger partial charge in [0, 0.05) is 11.6 Å². The number of nitrogens with two attached hydrogens (primary N) is 2. The number of ether oxygens (including phenoxy) is 1. The fourth-order valence-electron chi connectivity index (χ4n) is 1.69. The van der Waals surface area contributed by atoms with Crippen LogP contribution in [0.5, 0.6) is 0 Å². The molecule has 5 nitrogen and oxygen atoms in total. The SMILES string of the molecule is CCOC(=O)/C(=C(/N)c1c(Cl)cccc1Cl)N(N)C(C)C. The van der Waals surface area contributed by atoms with Gasteiger partial charge in [0.1, 0.15) is 0 Å². The summed E-state index contributed by atoms with van der Waals surface area (Å²) in [5.41, 5.74) is 6.57. The molecular formula is C14H19Cl2N3O2. The van der Waals surface area contributed by atoms with Crippen molar-refractivity contribution in [1.82, 2.24) is 5.01 Å². The first-order chi connectivity index (χ1) is 9.81. The molecule has 0 aliphatic rings. The number of rotatable bonds is 5. The van der Waals surface area contributed by atoms with Crippen LogP contribution in [0.25, 0.3) is 5.70 Å². The molecule has 0 aliphatic carbocycles. The molecule has 4 N–H and O–H groups in total. The summed E-state index contributed by atoms with van der Waals surface area (Å²) in [4.78, 5) is 12.2. The second-order valence-electron chi connectivity index (χ2n) is 4.58. The normalized spacial score (nSPS) is 12.1. The van der Waals surface area contributed by atoms with Gasteiger partial charge in [0.25, 0.3) is 0 Å². The Bertz CT molecular complexity index is 539. The molecule has 0 fully saturated rings. The first-order valence-corrected chi connectivity index (χ1v) is 7.22. The number of hydrogen-bond donors (Lipinski definition) is 2. The largest absolute Gasteiger partial charge is 0.461 e. The molecule has 0 atom stereocenters. The lowest BCUT2D eigenvalue weighted by molar-refractivity contribution is -0.140. The van der Waals surface area contributed by atoms with Crippen LogP contribution in [0.4, 0.5) is 0 Å². The van der Waals surface area contributed by atoms with Crippen molar-refractivity contribution < 1.29 is 9.53 Å². The topological polar surface area (TPSA) is 81.6 Å². The number of benzene rings is 1. The maximum atomic E-state index is 12.2. The van der Waals surface area contributed by atoms with Crippen LogP contribution in [0.1, 0.15) is 26.3 Å². The highest BCUT2D eigenvalue weighted by Gasteiger charge is 2.25. The molecule has 0 saturated heterocycles. The molecule has 1 aromatic rings. The molecule has 0 aromatic heterocycles. The van der Waals surface area contributed by atoms with E-state index in [-0.39, 0.29) is 24.0 Å². The van der Waals surface area contributed by atoms with E-state index in [4.69, 9.17) is 39.5 Å². The smallest absolute Gasteiger partial charge is 0.358 e. The first kappa shape index (κ1) is 17.6. The zero-order valence-electron chi connectivity index (χ0n) is 12.2. The van der Waals surface area contributed by atoms with Gasteiger partial charge in [-0.25, -0.2) is 10.6 Å². The first-order valence-electron chi connectivity index (χ1n) is 6.46. The highest BCUT2D eigenvalue weighted by Crippen LogP contribution is 2.31. The fraction of sp³-hybridized carbons (Fsp3) is 0.357. The molecule has 0 heterocycles. The number of halogens is 2. The van der Waals surface area contributed by atoms with Crippen LogP contribution >= 0.6 is 23.2 Å². The zero-order chi connectivity index (χ0) is 16.2. The minimum Gasteiger partial charge on any atom is -0.461 e. The summed E-state index contributed by atoms with van der Waals surface area (Å²) in [6.45, 7) is 5.55. The van der Waals surface area contributed by atoms with Gasteiger partial charge in [-0.3, -0.25) is 0 Å². The van der Waals surface area contributed by atoms with Gasteiger partial charge in [-0.15, -0.1) is 0 Å². The summed E-state index contributed by atoms with van der Waals surface area (Å²) in [6.07, 6.45) is 0. The Morgan fingerprint density at radius 3 is 2.29 bits per heavy atom. The predicted octanol–water partition coefficient (Wildman–Crippen LogP) is 2.77. The van der Waals surface area contributed by atoms with Crippen molar-refractivity contribution in [2.45, 2.75) is 26.8 Å². The molecular weight excluding hydrogens is 313 g/mol.